The molecular weight excluding hydrogens is 238 g/mol. The van der Waals surface area contributed by atoms with Crippen molar-refractivity contribution in [1.82, 2.24) is 5.32 Å². The lowest BCUT2D eigenvalue weighted by Gasteiger charge is -2.26. The number of rotatable bonds is 8. The third kappa shape index (κ3) is 7.41. The first-order valence-corrected chi connectivity index (χ1v) is 7.87. The summed E-state index contributed by atoms with van der Waals surface area (Å²) in [4.78, 5) is 4.46. The Morgan fingerprint density at radius 3 is 2.53 bits per heavy atom. The number of nitrogens with one attached hydrogen (secondary N) is 1. The molecule has 3 N–H and O–H groups in total. The minimum Gasteiger partial charge on any atom is -0.382 e. The van der Waals surface area contributed by atoms with E-state index in [9.17, 15) is 0 Å². The van der Waals surface area contributed by atoms with Crippen molar-refractivity contribution in [2.75, 3.05) is 26.3 Å². The van der Waals surface area contributed by atoms with Gasteiger partial charge in [0.15, 0.2) is 5.96 Å². The van der Waals surface area contributed by atoms with Crippen molar-refractivity contribution in [2.24, 2.45) is 22.6 Å². The molecule has 0 heterocycles. The van der Waals surface area contributed by atoms with Crippen LogP contribution in [0.2, 0.25) is 0 Å². The van der Waals surface area contributed by atoms with Gasteiger partial charge in [0, 0.05) is 26.3 Å². The topological polar surface area (TPSA) is 59.6 Å². The zero-order valence-corrected chi connectivity index (χ0v) is 12.7. The van der Waals surface area contributed by atoms with Crippen molar-refractivity contribution in [3.8, 4) is 0 Å². The minimum atomic E-state index is 0.592. The van der Waals surface area contributed by atoms with Crippen molar-refractivity contribution in [3.05, 3.63) is 0 Å². The molecular formula is C15H31N3O. The zero-order chi connectivity index (χ0) is 13.9. The molecule has 0 aromatic rings. The van der Waals surface area contributed by atoms with E-state index in [0.717, 1.165) is 44.6 Å². The molecule has 1 aliphatic rings. The lowest BCUT2D eigenvalue weighted by molar-refractivity contribution is 0.145. The maximum atomic E-state index is 5.86. The molecule has 0 spiro atoms. The molecule has 4 heteroatoms. The Labute approximate surface area is 118 Å². The summed E-state index contributed by atoms with van der Waals surface area (Å²) in [6.45, 7) is 7.62. The third-order valence-corrected chi connectivity index (χ3v) is 4.04. The molecule has 0 saturated heterocycles. The average molecular weight is 269 g/mol. The van der Waals surface area contributed by atoms with E-state index < -0.39 is 0 Å². The fourth-order valence-electron chi connectivity index (χ4n) is 2.64. The summed E-state index contributed by atoms with van der Waals surface area (Å²) in [5.74, 6) is 2.29. The van der Waals surface area contributed by atoms with E-state index in [1.807, 2.05) is 6.92 Å². The molecule has 1 rings (SSSR count). The highest BCUT2D eigenvalue weighted by Gasteiger charge is 2.19. The van der Waals surface area contributed by atoms with E-state index in [-0.39, 0.29) is 0 Å². The minimum absolute atomic E-state index is 0.592. The number of hydrogen-bond acceptors (Lipinski definition) is 2. The van der Waals surface area contributed by atoms with E-state index in [1.165, 1.54) is 32.1 Å². The van der Waals surface area contributed by atoms with Gasteiger partial charge in [-0.3, -0.25) is 4.99 Å². The van der Waals surface area contributed by atoms with E-state index in [1.54, 1.807) is 0 Å². The third-order valence-electron chi connectivity index (χ3n) is 4.04. The largest absolute Gasteiger partial charge is 0.382 e. The summed E-state index contributed by atoms with van der Waals surface area (Å²) in [5.41, 5.74) is 5.86. The van der Waals surface area contributed by atoms with Crippen LogP contribution >= 0.6 is 0 Å². The van der Waals surface area contributed by atoms with Gasteiger partial charge < -0.3 is 15.8 Å². The van der Waals surface area contributed by atoms with E-state index in [0.29, 0.717) is 5.96 Å². The molecule has 4 nitrogen and oxygen atoms in total. The van der Waals surface area contributed by atoms with Gasteiger partial charge in [-0.05, 0) is 38.0 Å². The highest BCUT2D eigenvalue weighted by molar-refractivity contribution is 5.77. The van der Waals surface area contributed by atoms with Crippen LogP contribution in [0.5, 0.6) is 0 Å². The van der Waals surface area contributed by atoms with Crippen molar-refractivity contribution >= 4 is 5.96 Å². The van der Waals surface area contributed by atoms with Crippen molar-refractivity contribution in [1.29, 1.82) is 0 Å². The Bertz CT molecular complexity index is 248. The Morgan fingerprint density at radius 2 is 1.89 bits per heavy atom. The second-order valence-corrected chi connectivity index (χ2v) is 5.50. The first-order valence-electron chi connectivity index (χ1n) is 7.87. The maximum Gasteiger partial charge on any atom is 0.188 e. The molecule has 0 aromatic heterocycles. The van der Waals surface area contributed by atoms with Crippen LogP contribution in [0.4, 0.5) is 0 Å². The zero-order valence-electron chi connectivity index (χ0n) is 12.7. The van der Waals surface area contributed by atoms with E-state index >= 15 is 0 Å². The van der Waals surface area contributed by atoms with Gasteiger partial charge in [-0.25, -0.2) is 0 Å². The average Bonchev–Trinajstić information content (AvgIpc) is 2.45. The Kier molecular flexibility index (Phi) is 8.63. The molecule has 1 aliphatic carbocycles. The second kappa shape index (κ2) is 10.1. The Hall–Kier alpha value is -0.770. The summed E-state index contributed by atoms with van der Waals surface area (Å²) >= 11 is 0. The van der Waals surface area contributed by atoms with Crippen LogP contribution in [0.3, 0.4) is 0 Å². The molecule has 1 saturated carbocycles. The van der Waals surface area contributed by atoms with Crippen LogP contribution in [0.1, 0.15) is 52.4 Å². The van der Waals surface area contributed by atoms with Gasteiger partial charge in [-0.1, -0.05) is 26.2 Å². The highest BCUT2D eigenvalue weighted by atomic mass is 16.5. The normalized spacial score (nSPS) is 24.4. The van der Waals surface area contributed by atoms with Crippen LogP contribution in [-0.2, 0) is 4.74 Å². The molecule has 0 unspecified atom stereocenters. The molecule has 112 valence electrons. The van der Waals surface area contributed by atoms with Gasteiger partial charge in [0.1, 0.15) is 0 Å². The van der Waals surface area contributed by atoms with Gasteiger partial charge in [0.25, 0.3) is 0 Å². The van der Waals surface area contributed by atoms with Gasteiger partial charge in [-0.2, -0.15) is 0 Å². The number of hydrogen-bond donors (Lipinski definition) is 2. The summed E-state index contributed by atoms with van der Waals surface area (Å²) < 4.78 is 5.27. The van der Waals surface area contributed by atoms with Gasteiger partial charge in [0.2, 0.25) is 0 Å². The van der Waals surface area contributed by atoms with Crippen LogP contribution in [0.15, 0.2) is 4.99 Å². The Morgan fingerprint density at radius 1 is 1.21 bits per heavy atom. The number of ether oxygens (including phenoxy) is 1. The van der Waals surface area contributed by atoms with Crippen LogP contribution in [0, 0.1) is 11.8 Å². The van der Waals surface area contributed by atoms with E-state index in [2.05, 4.69) is 17.2 Å². The smallest absolute Gasteiger partial charge is 0.188 e. The van der Waals surface area contributed by atoms with Gasteiger partial charge >= 0.3 is 0 Å². The quantitative estimate of drug-likeness (QED) is 0.404. The number of guanidine groups is 1. The molecule has 0 atom stereocenters. The molecule has 0 aromatic carbocycles. The van der Waals surface area contributed by atoms with Crippen molar-refractivity contribution in [3.63, 3.8) is 0 Å². The highest BCUT2D eigenvalue weighted by Crippen LogP contribution is 2.30. The van der Waals surface area contributed by atoms with Crippen molar-refractivity contribution in [2.45, 2.75) is 52.4 Å². The molecule has 0 aliphatic heterocycles. The first kappa shape index (κ1) is 16.3. The van der Waals surface area contributed by atoms with Gasteiger partial charge in [-0.15, -0.1) is 0 Å². The van der Waals surface area contributed by atoms with Crippen LogP contribution < -0.4 is 11.1 Å². The van der Waals surface area contributed by atoms with Crippen LogP contribution in [0.25, 0.3) is 0 Å². The van der Waals surface area contributed by atoms with Crippen LogP contribution in [-0.4, -0.2) is 32.3 Å². The maximum absolute atomic E-state index is 5.86. The number of nitrogens with two attached hydrogens (primary N) is 1. The van der Waals surface area contributed by atoms with E-state index in [4.69, 9.17) is 10.5 Å². The Balaban J connectivity index is 2.07. The summed E-state index contributed by atoms with van der Waals surface area (Å²) in [7, 11) is 0. The fraction of sp³-hybridized carbons (Fsp3) is 0.933. The standard InChI is InChI=1S/C15H31N3O/c1-3-13-6-8-14(9-7-13)12-18-15(16)17-10-5-11-19-4-2/h13-14H,3-12H2,1-2H3,(H3,16,17,18). The second-order valence-electron chi connectivity index (χ2n) is 5.50. The molecule has 19 heavy (non-hydrogen) atoms. The molecule has 0 amide bonds. The molecule has 0 bridgehead atoms. The first-order chi connectivity index (χ1) is 9.26. The fourth-order valence-corrected chi connectivity index (χ4v) is 2.64. The lowest BCUT2D eigenvalue weighted by Crippen LogP contribution is -2.33. The summed E-state index contributed by atoms with van der Waals surface area (Å²) in [5, 5.41) is 3.15. The van der Waals surface area contributed by atoms with Gasteiger partial charge in [0.05, 0.1) is 0 Å². The van der Waals surface area contributed by atoms with Crippen molar-refractivity contribution < 1.29 is 4.74 Å². The summed E-state index contributed by atoms with van der Waals surface area (Å²) in [6, 6.07) is 0. The predicted octanol–water partition coefficient (Wildman–Crippen LogP) is 2.53. The monoisotopic (exact) mass is 269 g/mol. The summed E-state index contributed by atoms with van der Waals surface area (Å²) in [6.07, 6.45) is 7.70. The molecule has 1 fully saturated rings. The molecule has 0 radical (unpaired) electrons. The SMILES string of the molecule is CCOCCCNC(N)=NCC1CCC(CC)CC1. The predicted molar refractivity (Wildman–Crippen MR) is 81.3 cm³/mol. The number of nitrogens with zero attached hydrogens (tertiary/aromatic N) is 1. The number of aliphatic imine (C=N–C) groups is 1. The lowest BCUT2D eigenvalue weighted by atomic mass is 9.81.